The van der Waals surface area contributed by atoms with Gasteiger partial charge >= 0.3 is 0 Å². The minimum absolute atomic E-state index is 0.123. The lowest BCUT2D eigenvalue weighted by molar-refractivity contribution is -0.133. The number of nitrogens with one attached hydrogen (secondary N) is 2. The second kappa shape index (κ2) is 9.29. The van der Waals surface area contributed by atoms with E-state index in [1.54, 1.807) is 35.5 Å². The Morgan fingerprint density at radius 3 is 2.85 bits per heavy atom. The Hall–Kier alpha value is -3.67. The minimum atomic E-state index is -2.54. The zero-order valence-corrected chi connectivity index (χ0v) is 19.0. The molecular weight excluding hydrogens is 456 g/mol. The number of H-pyrrole nitrogens is 1. The summed E-state index contributed by atoms with van der Waals surface area (Å²) < 4.78 is 25.1. The van der Waals surface area contributed by atoms with E-state index in [-0.39, 0.29) is 24.0 Å². The first kappa shape index (κ1) is 22.1. The van der Waals surface area contributed by atoms with Crippen LogP contribution in [0.3, 0.4) is 0 Å². The van der Waals surface area contributed by atoms with Gasteiger partial charge in [0.1, 0.15) is 11.6 Å². The first-order valence-electron chi connectivity index (χ1n) is 10.7. The van der Waals surface area contributed by atoms with Crippen LogP contribution in [0.5, 0.6) is 5.75 Å². The maximum absolute atomic E-state index is 12.4. The van der Waals surface area contributed by atoms with Gasteiger partial charge in [-0.3, -0.25) is 19.0 Å². The molecule has 1 aliphatic rings. The van der Waals surface area contributed by atoms with Crippen LogP contribution < -0.4 is 10.1 Å². The highest BCUT2D eigenvalue weighted by Gasteiger charge is 2.25. The van der Waals surface area contributed by atoms with Crippen molar-refractivity contribution in [3.8, 4) is 17.1 Å². The van der Waals surface area contributed by atoms with Gasteiger partial charge in [-0.15, -0.1) is 0 Å². The molecule has 1 aliphatic heterocycles. The molecule has 11 heteroatoms. The van der Waals surface area contributed by atoms with Crippen molar-refractivity contribution in [2.45, 2.75) is 0 Å². The second-order valence-electron chi connectivity index (χ2n) is 7.97. The number of benzene rings is 2. The van der Waals surface area contributed by atoms with Crippen LogP contribution in [0.4, 0.5) is 11.5 Å². The van der Waals surface area contributed by atoms with Crippen molar-refractivity contribution in [3.63, 3.8) is 0 Å². The molecule has 1 amide bonds. The fourth-order valence-electron chi connectivity index (χ4n) is 3.67. The van der Waals surface area contributed by atoms with Crippen LogP contribution in [0.2, 0.25) is 0 Å². The van der Waals surface area contributed by atoms with Crippen LogP contribution in [-0.4, -0.2) is 71.3 Å². The molecule has 0 saturated carbocycles. The van der Waals surface area contributed by atoms with Crippen molar-refractivity contribution < 1.29 is 18.6 Å². The molecule has 34 heavy (non-hydrogen) atoms. The maximum Gasteiger partial charge on any atom is 0.260 e. The molecule has 2 aromatic carbocycles. The first-order valence-corrected chi connectivity index (χ1v) is 12.6. The monoisotopic (exact) mass is 480 g/mol. The molecule has 1 fully saturated rings. The summed E-state index contributed by atoms with van der Waals surface area (Å²) in [6.07, 6.45) is 3.44. The van der Waals surface area contributed by atoms with E-state index < -0.39 is 10.6 Å². The number of rotatable bonds is 6. The van der Waals surface area contributed by atoms with Crippen LogP contribution in [0, 0.1) is 0 Å². The van der Waals surface area contributed by atoms with E-state index in [2.05, 4.69) is 25.5 Å². The Bertz CT molecular complexity index is 1320. The number of aromatic amines is 1. The number of amides is 1. The van der Waals surface area contributed by atoms with Crippen LogP contribution in [0.25, 0.3) is 22.3 Å². The Morgan fingerprint density at radius 1 is 1.15 bits per heavy atom. The topological polar surface area (TPSA) is 136 Å². The molecule has 10 nitrogen and oxygen atoms in total. The molecule has 0 radical (unpaired) electrons. The third kappa shape index (κ3) is 5.11. The summed E-state index contributed by atoms with van der Waals surface area (Å²) in [5.74, 6) is 1.94. The summed E-state index contributed by atoms with van der Waals surface area (Å²) in [7, 11) is -2.54. The predicted octanol–water partition coefficient (Wildman–Crippen LogP) is 3.74. The van der Waals surface area contributed by atoms with Crippen LogP contribution in [-0.2, 0) is 4.79 Å². The summed E-state index contributed by atoms with van der Waals surface area (Å²) in [5.41, 5.74) is 2.60. The molecule has 0 aliphatic carbocycles. The van der Waals surface area contributed by atoms with Gasteiger partial charge in [0.15, 0.2) is 12.4 Å². The number of carbonyl (C=O) groups is 1. The number of anilines is 2. The predicted molar refractivity (Wildman–Crippen MR) is 132 cm³/mol. The second-order valence-corrected chi connectivity index (χ2v) is 10.4. The van der Waals surface area contributed by atoms with E-state index in [1.165, 1.54) is 0 Å². The molecule has 0 spiro atoms. The summed E-state index contributed by atoms with van der Waals surface area (Å²) in [6.45, 7) is 0.527. The average Bonchev–Trinajstić information content (AvgIpc) is 3.31. The van der Waals surface area contributed by atoms with E-state index in [0.29, 0.717) is 30.5 Å². The van der Waals surface area contributed by atoms with Gasteiger partial charge in [-0.1, -0.05) is 12.1 Å². The van der Waals surface area contributed by atoms with Crippen molar-refractivity contribution >= 4 is 38.9 Å². The van der Waals surface area contributed by atoms with E-state index >= 15 is 0 Å². The SMILES string of the molecule is O=C(COc1cccc(-c2nccc(Nc3ccc4[nH]ncc4c3)n2)c1)N1CCS(O)(O)CC1. The summed E-state index contributed by atoms with van der Waals surface area (Å²) in [5, 5.41) is 11.2. The van der Waals surface area contributed by atoms with E-state index in [1.807, 2.05) is 30.3 Å². The summed E-state index contributed by atoms with van der Waals surface area (Å²) in [4.78, 5) is 23.0. The highest BCUT2D eigenvalue weighted by molar-refractivity contribution is 8.24. The molecule has 4 aromatic rings. The Labute approximate surface area is 197 Å². The van der Waals surface area contributed by atoms with Gasteiger partial charge in [-0.2, -0.15) is 15.7 Å². The van der Waals surface area contributed by atoms with Crippen molar-refractivity contribution in [3.05, 3.63) is 60.9 Å². The molecule has 176 valence electrons. The van der Waals surface area contributed by atoms with E-state index in [0.717, 1.165) is 22.2 Å². The van der Waals surface area contributed by atoms with Gasteiger partial charge in [0.25, 0.3) is 5.91 Å². The number of hydrogen-bond acceptors (Lipinski definition) is 8. The van der Waals surface area contributed by atoms with Crippen molar-refractivity contribution in [1.29, 1.82) is 0 Å². The van der Waals surface area contributed by atoms with Crippen LogP contribution in [0.1, 0.15) is 0 Å². The fraction of sp³-hybridized carbons (Fsp3) is 0.217. The quantitative estimate of drug-likeness (QED) is 0.328. The standard InChI is InChI=1S/C23H24N6O4S/c30-22(29-8-10-34(31,32)11-9-29)15-33-19-3-1-2-16(13-19)23-24-7-6-21(27-23)26-18-4-5-20-17(12-18)14-25-28-20/h1-7,12-14,31-32H,8-11,15H2,(H,25,28)(H,24,26,27). The van der Waals surface area contributed by atoms with Crippen molar-refractivity contribution in [1.82, 2.24) is 25.1 Å². The lowest BCUT2D eigenvalue weighted by Gasteiger charge is -2.40. The summed E-state index contributed by atoms with van der Waals surface area (Å²) >= 11 is 0. The smallest absolute Gasteiger partial charge is 0.260 e. The van der Waals surface area contributed by atoms with Crippen LogP contribution >= 0.6 is 10.6 Å². The van der Waals surface area contributed by atoms with Gasteiger partial charge in [0.05, 0.1) is 23.2 Å². The normalized spacial score (nSPS) is 16.2. The molecule has 4 N–H and O–H groups in total. The maximum atomic E-state index is 12.4. The highest BCUT2D eigenvalue weighted by Crippen LogP contribution is 2.40. The lowest BCUT2D eigenvalue weighted by atomic mass is 10.2. The molecule has 5 rings (SSSR count). The van der Waals surface area contributed by atoms with Gasteiger partial charge in [-0.25, -0.2) is 9.97 Å². The Balaban J connectivity index is 1.24. The summed E-state index contributed by atoms with van der Waals surface area (Å²) in [6, 6.07) is 14.9. The third-order valence-electron chi connectivity index (χ3n) is 5.55. The molecule has 0 atom stereocenters. The largest absolute Gasteiger partial charge is 0.484 e. The number of aromatic nitrogens is 4. The average molecular weight is 481 g/mol. The third-order valence-corrected chi connectivity index (χ3v) is 7.22. The molecule has 0 bridgehead atoms. The first-order chi connectivity index (χ1) is 16.4. The zero-order chi connectivity index (χ0) is 23.5. The number of ether oxygens (including phenoxy) is 1. The zero-order valence-electron chi connectivity index (χ0n) is 18.2. The highest BCUT2D eigenvalue weighted by atomic mass is 32.3. The molecule has 2 aromatic heterocycles. The van der Waals surface area contributed by atoms with Gasteiger partial charge in [0, 0.05) is 35.9 Å². The molecule has 0 unspecified atom stereocenters. The van der Waals surface area contributed by atoms with Gasteiger partial charge in [-0.05, 0) is 36.4 Å². The van der Waals surface area contributed by atoms with Crippen molar-refractivity contribution in [2.75, 3.05) is 36.5 Å². The van der Waals surface area contributed by atoms with E-state index in [4.69, 9.17) is 4.74 Å². The number of carbonyl (C=O) groups excluding carboxylic acids is 1. The minimum Gasteiger partial charge on any atom is -0.484 e. The Morgan fingerprint density at radius 2 is 2.00 bits per heavy atom. The molecular formula is C23H24N6O4S. The van der Waals surface area contributed by atoms with Crippen molar-refractivity contribution in [2.24, 2.45) is 0 Å². The van der Waals surface area contributed by atoms with Gasteiger partial charge in [0.2, 0.25) is 0 Å². The van der Waals surface area contributed by atoms with Gasteiger partial charge < -0.3 is 15.0 Å². The molecule has 1 saturated heterocycles. The lowest BCUT2D eigenvalue weighted by Crippen LogP contribution is -2.44. The van der Waals surface area contributed by atoms with E-state index in [9.17, 15) is 13.9 Å². The number of hydrogen-bond donors (Lipinski definition) is 4. The number of fused-ring (bicyclic) bond motifs is 1. The molecule has 3 heterocycles. The Kier molecular flexibility index (Phi) is 6.05. The van der Waals surface area contributed by atoms with Crippen LogP contribution in [0.15, 0.2) is 60.9 Å². The fourth-order valence-corrected chi connectivity index (χ4v) is 4.90. The number of nitrogens with zero attached hydrogens (tertiary/aromatic N) is 4.